The molecule has 2 aromatic rings. The van der Waals surface area contributed by atoms with Crippen molar-refractivity contribution in [3.63, 3.8) is 0 Å². The molecule has 1 aliphatic carbocycles. The standard InChI is InChI=1S/C16H14N2O2.C2H6/c1-19-15-9-12(7-8-18-15)14-6-5-11-3-2-4-13(11)16(14)20-10-17;1-2/h5-9H,2-4H2,1H3;1-2H3. The minimum atomic E-state index is 0.547. The zero-order valence-electron chi connectivity index (χ0n) is 13.2. The van der Waals surface area contributed by atoms with Crippen LogP contribution in [0.25, 0.3) is 11.1 Å². The van der Waals surface area contributed by atoms with Gasteiger partial charge in [-0.25, -0.2) is 4.98 Å². The van der Waals surface area contributed by atoms with E-state index in [1.54, 1.807) is 19.6 Å². The monoisotopic (exact) mass is 296 g/mol. The lowest BCUT2D eigenvalue weighted by atomic mass is 9.99. The average Bonchev–Trinajstić information content (AvgIpc) is 3.06. The summed E-state index contributed by atoms with van der Waals surface area (Å²) in [5.41, 5.74) is 4.28. The van der Waals surface area contributed by atoms with E-state index in [4.69, 9.17) is 14.7 Å². The van der Waals surface area contributed by atoms with Crippen molar-refractivity contribution in [2.24, 2.45) is 0 Å². The van der Waals surface area contributed by atoms with Gasteiger partial charge in [-0.2, -0.15) is 0 Å². The molecule has 0 amide bonds. The van der Waals surface area contributed by atoms with E-state index in [1.807, 2.05) is 32.0 Å². The summed E-state index contributed by atoms with van der Waals surface area (Å²) in [6, 6.07) is 7.87. The maximum Gasteiger partial charge on any atom is 0.292 e. The van der Waals surface area contributed by atoms with Gasteiger partial charge in [0.25, 0.3) is 6.26 Å². The molecular weight excluding hydrogens is 276 g/mol. The highest BCUT2D eigenvalue weighted by atomic mass is 16.5. The van der Waals surface area contributed by atoms with Gasteiger partial charge in [-0.3, -0.25) is 0 Å². The fraction of sp³-hybridized carbons (Fsp3) is 0.333. The number of aromatic nitrogens is 1. The van der Waals surface area contributed by atoms with Crippen molar-refractivity contribution in [1.29, 1.82) is 5.26 Å². The van der Waals surface area contributed by atoms with Crippen molar-refractivity contribution >= 4 is 0 Å². The highest BCUT2D eigenvalue weighted by molar-refractivity contribution is 5.74. The van der Waals surface area contributed by atoms with Gasteiger partial charge in [0, 0.05) is 17.8 Å². The highest BCUT2D eigenvalue weighted by Gasteiger charge is 2.20. The maximum absolute atomic E-state index is 8.91. The summed E-state index contributed by atoms with van der Waals surface area (Å²) in [7, 11) is 1.58. The normalized spacial score (nSPS) is 11.7. The van der Waals surface area contributed by atoms with Crippen LogP contribution in [0.4, 0.5) is 0 Å². The van der Waals surface area contributed by atoms with Crippen LogP contribution in [0.15, 0.2) is 30.5 Å². The fourth-order valence-corrected chi connectivity index (χ4v) is 2.71. The summed E-state index contributed by atoms with van der Waals surface area (Å²) in [6.45, 7) is 4.00. The third-order valence-corrected chi connectivity index (χ3v) is 3.63. The Morgan fingerprint density at radius 3 is 2.73 bits per heavy atom. The van der Waals surface area contributed by atoms with Crippen LogP contribution < -0.4 is 9.47 Å². The number of benzene rings is 1. The molecule has 0 fully saturated rings. The number of aryl methyl sites for hydroxylation is 1. The summed E-state index contributed by atoms with van der Waals surface area (Å²) < 4.78 is 10.4. The van der Waals surface area contributed by atoms with E-state index in [-0.39, 0.29) is 0 Å². The molecule has 1 aromatic carbocycles. The van der Waals surface area contributed by atoms with E-state index in [9.17, 15) is 0 Å². The first-order chi connectivity index (χ1) is 10.8. The maximum atomic E-state index is 8.91. The van der Waals surface area contributed by atoms with Gasteiger partial charge in [0.05, 0.1) is 7.11 Å². The number of nitriles is 1. The molecular formula is C18H20N2O2. The van der Waals surface area contributed by atoms with E-state index in [2.05, 4.69) is 11.1 Å². The Morgan fingerprint density at radius 2 is 2.00 bits per heavy atom. The predicted molar refractivity (Wildman–Crippen MR) is 85.8 cm³/mol. The lowest BCUT2D eigenvalue weighted by Gasteiger charge is -2.12. The molecule has 0 atom stereocenters. The molecule has 3 rings (SSSR count). The Labute approximate surface area is 131 Å². The molecule has 4 nitrogen and oxygen atoms in total. The molecule has 1 heterocycles. The first-order valence-corrected chi connectivity index (χ1v) is 7.54. The van der Waals surface area contributed by atoms with Crippen LogP contribution in [0.5, 0.6) is 11.6 Å². The van der Waals surface area contributed by atoms with E-state index < -0.39 is 0 Å². The van der Waals surface area contributed by atoms with Crippen LogP contribution in [0.1, 0.15) is 31.4 Å². The Balaban J connectivity index is 0.000000847. The summed E-state index contributed by atoms with van der Waals surface area (Å²) in [5.74, 6) is 1.22. The van der Waals surface area contributed by atoms with Crippen molar-refractivity contribution in [2.75, 3.05) is 7.11 Å². The average molecular weight is 296 g/mol. The third-order valence-electron chi connectivity index (χ3n) is 3.63. The first-order valence-electron chi connectivity index (χ1n) is 7.54. The molecule has 0 aliphatic heterocycles. The van der Waals surface area contributed by atoms with Crippen LogP contribution in [0.3, 0.4) is 0 Å². The SMILES string of the molecule is CC.COc1cc(-c2ccc3c(c2OC#N)CCC3)ccn1. The summed E-state index contributed by atoms with van der Waals surface area (Å²) in [6.07, 6.45) is 6.62. The second kappa shape index (κ2) is 7.46. The second-order valence-corrected chi connectivity index (χ2v) is 4.71. The summed E-state index contributed by atoms with van der Waals surface area (Å²) >= 11 is 0. The zero-order valence-corrected chi connectivity index (χ0v) is 13.2. The number of hydrogen-bond donors (Lipinski definition) is 0. The van der Waals surface area contributed by atoms with Gasteiger partial charge >= 0.3 is 0 Å². The number of hydrogen-bond acceptors (Lipinski definition) is 4. The van der Waals surface area contributed by atoms with Crippen LogP contribution in [0.2, 0.25) is 0 Å². The van der Waals surface area contributed by atoms with E-state index >= 15 is 0 Å². The molecule has 0 saturated carbocycles. The molecule has 0 spiro atoms. The molecule has 0 bridgehead atoms. The lowest BCUT2D eigenvalue weighted by Crippen LogP contribution is -1.95. The second-order valence-electron chi connectivity index (χ2n) is 4.71. The molecule has 1 aliphatic rings. The molecule has 0 radical (unpaired) electrons. The van der Waals surface area contributed by atoms with Gasteiger partial charge in [-0.15, -0.1) is 5.26 Å². The van der Waals surface area contributed by atoms with Gasteiger partial charge in [-0.05, 0) is 42.0 Å². The zero-order chi connectivity index (χ0) is 15.9. The third kappa shape index (κ3) is 3.04. The summed E-state index contributed by atoms with van der Waals surface area (Å²) in [5, 5.41) is 8.91. The van der Waals surface area contributed by atoms with Gasteiger partial charge in [-0.1, -0.05) is 26.0 Å². The summed E-state index contributed by atoms with van der Waals surface area (Å²) in [4.78, 5) is 4.10. The van der Waals surface area contributed by atoms with Crippen molar-refractivity contribution < 1.29 is 9.47 Å². The van der Waals surface area contributed by atoms with Crippen LogP contribution >= 0.6 is 0 Å². The van der Waals surface area contributed by atoms with Crippen molar-refractivity contribution in [3.05, 3.63) is 41.6 Å². The molecule has 0 unspecified atom stereocenters. The Morgan fingerprint density at radius 1 is 1.18 bits per heavy atom. The van der Waals surface area contributed by atoms with Gasteiger partial charge in [0.15, 0.2) is 5.75 Å². The number of fused-ring (bicyclic) bond motifs is 1. The number of nitrogens with zero attached hydrogens (tertiary/aromatic N) is 2. The number of methoxy groups -OCH3 is 1. The molecule has 0 saturated heterocycles. The molecule has 1 aromatic heterocycles. The molecule has 4 heteroatoms. The van der Waals surface area contributed by atoms with E-state index in [0.717, 1.165) is 36.0 Å². The predicted octanol–water partition coefficient (Wildman–Crippen LogP) is 4.13. The van der Waals surface area contributed by atoms with Gasteiger partial charge < -0.3 is 9.47 Å². The Bertz CT molecular complexity index is 690. The Kier molecular flexibility index (Phi) is 5.37. The van der Waals surface area contributed by atoms with E-state index in [1.165, 1.54) is 5.56 Å². The number of rotatable bonds is 3. The van der Waals surface area contributed by atoms with Crippen LogP contribution in [-0.2, 0) is 12.8 Å². The quantitative estimate of drug-likeness (QED) is 0.799. The number of ether oxygens (including phenoxy) is 2. The molecule has 114 valence electrons. The van der Waals surface area contributed by atoms with E-state index in [0.29, 0.717) is 11.6 Å². The van der Waals surface area contributed by atoms with Gasteiger partial charge in [0.2, 0.25) is 5.88 Å². The highest BCUT2D eigenvalue weighted by Crippen LogP contribution is 2.39. The van der Waals surface area contributed by atoms with Crippen LogP contribution in [0, 0.1) is 11.5 Å². The lowest BCUT2D eigenvalue weighted by molar-refractivity contribution is 0.398. The number of pyridine rings is 1. The fourth-order valence-electron chi connectivity index (χ4n) is 2.71. The topological polar surface area (TPSA) is 55.1 Å². The minimum Gasteiger partial charge on any atom is -0.481 e. The Hall–Kier alpha value is -2.54. The van der Waals surface area contributed by atoms with Crippen molar-refractivity contribution in [2.45, 2.75) is 33.1 Å². The molecule has 0 N–H and O–H groups in total. The van der Waals surface area contributed by atoms with Crippen molar-refractivity contribution in [3.8, 4) is 29.0 Å². The van der Waals surface area contributed by atoms with Crippen molar-refractivity contribution in [1.82, 2.24) is 4.98 Å². The van der Waals surface area contributed by atoms with Gasteiger partial charge in [0.1, 0.15) is 0 Å². The first kappa shape index (κ1) is 15.8. The smallest absolute Gasteiger partial charge is 0.292 e. The largest absolute Gasteiger partial charge is 0.481 e. The minimum absolute atomic E-state index is 0.547. The van der Waals surface area contributed by atoms with Crippen LogP contribution in [-0.4, -0.2) is 12.1 Å². The molecule has 22 heavy (non-hydrogen) atoms.